The smallest absolute Gasteiger partial charge is 0.156 e. The zero-order chi connectivity index (χ0) is 26.2. The topological polar surface area (TPSA) is 132 Å². The molecule has 37 heavy (non-hydrogen) atoms. The number of likely N-dealkylation sites (N-methyl/N-ethyl adjacent to an activating group) is 1. The maximum absolute atomic E-state index is 10.9. The highest BCUT2D eigenvalue weighted by Gasteiger charge is 2.14. The van der Waals surface area contributed by atoms with Gasteiger partial charge in [0.1, 0.15) is 18.9 Å². The van der Waals surface area contributed by atoms with Gasteiger partial charge in [-0.2, -0.15) is 10.2 Å². The van der Waals surface area contributed by atoms with Crippen molar-refractivity contribution in [3.05, 3.63) is 60.2 Å². The van der Waals surface area contributed by atoms with E-state index in [4.69, 9.17) is 10.7 Å². The first-order valence-electron chi connectivity index (χ1n) is 11.8. The molecule has 11 nitrogen and oxygen atoms in total. The fraction of sp³-hybridized carbons (Fsp3) is 0.280. The third kappa shape index (κ3) is 6.61. The summed E-state index contributed by atoms with van der Waals surface area (Å²) in [5, 5.41) is 10.0. The molecule has 2 N–H and O–H groups in total. The van der Waals surface area contributed by atoms with Crippen molar-refractivity contribution in [2.45, 2.75) is 20.0 Å². The van der Waals surface area contributed by atoms with Crippen LogP contribution in [0, 0.1) is 0 Å². The summed E-state index contributed by atoms with van der Waals surface area (Å²) in [6.45, 7) is 4.29. The molecule has 0 saturated heterocycles. The van der Waals surface area contributed by atoms with Gasteiger partial charge in [-0.05, 0) is 48.5 Å². The SMILES string of the molecule is CCN(CC=O)Cc1ccn(-c2cc(-c3ccc(N)s3)cc(-n3ccc(CN(CC=O)CC=O)n3)n2)n1. The average molecular weight is 521 g/mol. The summed E-state index contributed by atoms with van der Waals surface area (Å²) in [6, 6.07) is 11.4. The molecule has 0 atom stereocenters. The van der Waals surface area contributed by atoms with Gasteiger partial charge in [-0.1, -0.05) is 6.92 Å². The van der Waals surface area contributed by atoms with Gasteiger partial charge in [0.15, 0.2) is 11.6 Å². The number of nitrogens with two attached hydrogens (primary N) is 1. The number of pyridine rings is 1. The first kappa shape index (κ1) is 26.1. The molecule has 0 fully saturated rings. The van der Waals surface area contributed by atoms with E-state index in [0.717, 1.165) is 41.5 Å². The van der Waals surface area contributed by atoms with E-state index in [0.29, 0.717) is 42.0 Å². The van der Waals surface area contributed by atoms with Crippen LogP contribution in [0.25, 0.3) is 22.1 Å². The van der Waals surface area contributed by atoms with Crippen LogP contribution in [0.4, 0.5) is 5.00 Å². The average Bonchev–Trinajstić information content (AvgIpc) is 3.65. The minimum Gasteiger partial charge on any atom is -0.391 e. The number of aromatic nitrogens is 5. The summed E-state index contributed by atoms with van der Waals surface area (Å²) in [5.74, 6) is 1.18. The Labute approximate surface area is 218 Å². The molecule has 12 heteroatoms. The molecule has 0 unspecified atom stereocenters. The van der Waals surface area contributed by atoms with E-state index in [2.05, 4.69) is 10.2 Å². The Bertz CT molecular complexity index is 1350. The monoisotopic (exact) mass is 520 g/mol. The molecule has 0 bridgehead atoms. The third-order valence-electron chi connectivity index (χ3n) is 5.68. The molecule has 192 valence electrons. The van der Waals surface area contributed by atoms with E-state index in [9.17, 15) is 14.4 Å². The third-order valence-corrected chi connectivity index (χ3v) is 6.65. The number of anilines is 1. The van der Waals surface area contributed by atoms with Crippen LogP contribution in [-0.2, 0) is 27.5 Å². The van der Waals surface area contributed by atoms with Gasteiger partial charge in [-0.15, -0.1) is 11.3 Å². The molecule has 0 saturated carbocycles. The highest BCUT2D eigenvalue weighted by molar-refractivity contribution is 7.19. The van der Waals surface area contributed by atoms with Crippen LogP contribution in [0.15, 0.2) is 48.8 Å². The van der Waals surface area contributed by atoms with E-state index in [1.54, 1.807) is 20.5 Å². The van der Waals surface area contributed by atoms with Crippen LogP contribution in [0.2, 0.25) is 0 Å². The van der Waals surface area contributed by atoms with Crippen LogP contribution in [-0.4, -0.2) is 79.4 Å². The van der Waals surface area contributed by atoms with E-state index in [-0.39, 0.29) is 13.1 Å². The number of carbonyl (C=O) groups is 3. The van der Waals surface area contributed by atoms with Crippen molar-refractivity contribution in [1.29, 1.82) is 0 Å². The normalized spacial score (nSPS) is 11.3. The number of nitrogens with zero attached hydrogens (tertiary/aromatic N) is 7. The van der Waals surface area contributed by atoms with Crippen molar-refractivity contribution in [2.75, 3.05) is 31.9 Å². The number of hydrogen-bond donors (Lipinski definition) is 1. The molecule has 4 aromatic heterocycles. The van der Waals surface area contributed by atoms with Gasteiger partial charge >= 0.3 is 0 Å². The second kappa shape index (κ2) is 12.3. The zero-order valence-corrected chi connectivity index (χ0v) is 21.3. The van der Waals surface area contributed by atoms with Gasteiger partial charge in [0, 0.05) is 30.4 Å². The minimum absolute atomic E-state index is 0.146. The highest BCUT2D eigenvalue weighted by atomic mass is 32.1. The van der Waals surface area contributed by atoms with Crippen molar-refractivity contribution < 1.29 is 14.4 Å². The number of nitrogen functional groups attached to an aromatic ring is 1. The number of thiophene rings is 1. The number of carbonyl (C=O) groups excluding carboxylic acids is 3. The molecule has 4 rings (SSSR count). The van der Waals surface area contributed by atoms with Crippen molar-refractivity contribution in [3.8, 4) is 22.1 Å². The van der Waals surface area contributed by atoms with Crippen molar-refractivity contribution in [2.24, 2.45) is 0 Å². The zero-order valence-electron chi connectivity index (χ0n) is 20.4. The van der Waals surface area contributed by atoms with Gasteiger partial charge in [0.25, 0.3) is 0 Å². The Balaban J connectivity index is 1.67. The molecular formula is C25H28N8O3S. The highest BCUT2D eigenvalue weighted by Crippen LogP contribution is 2.31. The van der Waals surface area contributed by atoms with Crippen LogP contribution in [0.5, 0.6) is 0 Å². The predicted molar refractivity (Wildman–Crippen MR) is 141 cm³/mol. The Morgan fingerprint density at radius 2 is 1.38 bits per heavy atom. The summed E-state index contributed by atoms with van der Waals surface area (Å²) in [4.78, 5) is 42.3. The molecule has 0 aliphatic rings. The Morgan fingerprint density at radius 3 is 1.86 bits per heavy atom. The molecule has 0 aliphatic heterocycles. The van der Waals surface area contributed by atoms with Crippen molar-refractivity contribution in [1.82, 2.24) is 34.3 Å². The Hall–Kier alpha value is -4.00. The van der Waals surface area contributed by atoms with Gasteiger partial charge in [0.05, 0.1) is 36.0 Å². The van der Waals surface area contributed by atoms with E-state index in [1.807, 2.05) is 54.4 Å². The lowest BCUT2D eigenvalue weighted by atomic mass is 10.2. The molecule has 0 amide bonds. The van der Waals surface area contributed by atoms with Gasteiger partial charge in [-0.25, -0.2) is 14.3 Å². The molecule has 0 radical (unpaired) electrons. The van der Waals surface area contributed by atoms with Gasteiger partial charge in [-0.3, -0.25) is 9.80 Å². The van der Waals surface area contributed by atoms with E-state index in [1.165, 1.54) is 11.3 Å². The molecular weight excluding hydrogens is 492 g/mol. The predicted octanol–water partition coefficient (Wildman–Crippen LogP) is 1.98. The molecule has 4 heterocycles. The summed E-state index contributed by atoms with van der Waals surface area (Å²) < 4.78 is 3.36. The van der Waals surface area contributed by atoms with Crippen molar-refractivity contribution >= 4 is 35.2 Å². The fourth-order valence-corrected chi connectivity index (χ4v) is 4.58. The number of aldehydes is 3. The second-order valence-electron chi connectivity index (χ2n) is 8.30. The minimum atomic E-state index is 0.146. The van der Waals surface area contributed by atoms with E-state index < -0.39 is 0 Å². The Morgan fingerprint density at radius 1 is 0.838 bits per heavy atom. The number of rotatable bonds is 14. The lowest BCUT2D eigenvalue weighted by Gasteiger charge is -2.15. The lowest BCUT2D eigenvalue weighted by Crippen LogP contribution is -2.27. The standard InChI is InChI=1S/C25H28N8O3S/c1-2-30(9-12-34)17-20-5-7-32(28-20)24-15-19(22-3-4-23(26)37-22)16-25(27-24)33-8-6-21(29-33)18-31(10-13-35)11-14-36/h3-8,12-16H,2,9-11,17-18,26H2,1H3. The molecule has 4 aromatic rings. The van der Waals surface area contributed by atoms with Crippen LogP contribution in [0.3, 0.4) is 0 Å². The van der Waals surface area contributed by atoms with Crippen molar-refractivity contribution in [3.63, 3.8) is 0 Å². The first-order valence-corrected chi connectivity index (χ1v) is 12.6. The summed E-state index contributed by atoms with van der Waals surface area (Å²) in [7, 11) is 0. The van der Waals surface area contributed by atoms with E-state index >= 15 is 0 Å². The maximum Gasteiger partial charge on any atom is 0.156 e. The summed E-state index contributed by atoms with van der Waals surface area (Å²) >= 11 is 1.47. The maximum atomic E-state index is 10.9. The largest absolute Gasteiger partial charge is 0.391 e. The van der Waals surface area contributed by atoms with Crippen LogP contribution >= 0.6 is 11.3 Å². The second-order valence-corrected chi connectivity index (χ2v) is 9.41. The van der Waals surface area contributed by atoms with Crippen LogP contribution in [0.1, 0.15) is 18.3 Å². The number of hydrogen-bond acceptors (Lipinski definition) is 10. The molecule has 0 spiro atoms. The molecule has 0 aliphatic carbocycles. The summed E-state index contributed by atoms with van der Waals surface area (Å²) in [5.41, 5.74) is 8.42. The quantitative estimate of drug-likeness (QED) is 0.248. The van der Waals surface area contributed by atoms with Gasteiger partial charge in [0.2, 0.25) is 0 Å². The Kier molecular flexibility index (Phi) is 8.67. The molecule has 0 aromatic carbocycles. The van der Waals surface area contributed by atoms with Crippen LogP contribution < -0.4 is 5.73 Å². The summed E-state index contributed by atoms with van der Waals surface area (Å²) in [6.07, 6.45) is 6.05. The lowest BCUT2D eigenvalue weighted by molar-refractivity contribution is -0.111. The fourth-order valence-electron chi connectivity index (χ4n) is 3.82. The van der Waals surface area contributed by atoms with Gasteiger partial charge < -0.3 is 20.1 Å². The first-order chi connectivity index (χ1) is 18.0.